The molecular formula is C22H21N3O7. The molecule has 1 aliphatic rings. The van der Waals surface area contributed by atoms with Crippen molar-refractivity contribution in [1.29, 1.82) is 0 Å². The average molecular weight is 439 g/mol. The van der Waals surface area contributed by atoms with E-state index >= 15 is 0 Å². The zero-order chi connectivity index (χ0) is 23.3. The molecule has 1 heterocycles. The minimum absolute atomic E-state index is 0.0350. The van der Waals surface area contributed by atoms with Gasteiger partial charge in [0.05, 0.1) is 23.6 Å². The van der Waals surface area contributed by atoms with E-state index in [9.17, 15) is 24.0 Å². The molecule has 2 aromatic carbocycles. The van der Waals surface area contributed by atoms with Crippen molar-refractivity contribution in [3.63, 3.8) is 0 Å². The van der Waals surface area contributed by atoms with Crippen LogP contribution in [0, 0.1) is 0 Å². The van der Waals surface area contributed by atoms with Crippen LogP contribution in [-0.2, 0) is 25.5 Å². The molecule has 10 nitrogen and oxygen atoms in total. The van der Waals surface area contributed by atoms with Crippen LogP contribution in [0.3, 0.4) is 0 Å². The molecule has 0 fully saturated rings. The third-order valence-electron chi connectivity index (χ3n) is 4.83. The summed E-state index contributed by atoms with van der Waals surface area (Å²) >= 11 is 0. The topological polar surface area (TPSA) is 156 Å². The molecule has 3 amide bonds. The lowest BCUT2D eigenvalue weighted by atomic mass is 10.1. The lowest BCUT2D eigenvalue weighted by Crippen LogP contribution is -2.51. The molecule has 0 bridgehead atoms. The van der Waals surface area contributed by atoms with Crippen molar-refractivity contribution < 1.29 is 33.8 Å². The van der Waals surface area contributed by atoms with Gasteiger partial charge in [0.25, 0.3) is 11.8 Å². The van der Waals surface area contributed by atoms with Gasteiger partial charge < -0.3 is 20.9 Å². The van der Waals surface area contributed by atoms with Crippen molar-refractivity contribution in [2.75, 3.05) is 6.73 Å². The van der Waals surface area contributed by atoms with Crippen LogP contribution in [0.15, 0.2) is 54.6 Å². The molecule has 1 aliphatic heterocycles. The smallest absolute Gasteiger partial charge is 0.330 e. The quantitative estimate of drug-likeness (QED) is 0.372. The second-order valence-corrected chi connectivity index (χ2v) is 7.13. The molecule has 3 rings (SSSR count). The van der Waals surface area contributed by atoms with Crippen LogP contribution in [0.1, 0.15) is 32.7 Å². The highest BCUT2D eigenvalue weighted by atomic mass is 16.5. The lowest BCUT2D eigenvalue weighted by molar-refractivity contribution is -0.150. The van der Waals surface area contributed by atoms with E-state index in [1.807, 2.05) is 0 Å². The van der Waals surface area contributed by atoms with Gasteiger partial charge in [-0.3, -0.25) is 19.2 Å². The molecule has 2 unspecified atom stereocenters. The first-order chi connectivity index (χ1) is 15.3. The van der Waals surface area contributed by atoms with Gasteiger partial charge in [-0.15, -0.1) is 0 Å². The number of rotatable bonds is 9. The largest absolute Gasteiger partial charge is 0.481 e. The Morgan fingerprint density at radius 1 is 0.969 bits per heavy atom. The Morgan fingerprint density at radius 2 is 1.53 bits per heavy atom. The predicted molar refractivity (Wildman–Crippen MR) is 110 cm³/mol. The van der Waals surface area contributed by atoms with Crippen molar-refractivity contribution >= 4 is 29.7 Å². The van der Waals surface area contributed by atoms with Crippen molar-refractivity contribution in [2.24, 2.45) is 5.73 Å². The number of esters is 1. The van der Waals surface area contributed by atoms with Gasteiger partial charge in [-0.1, -0.05) is 42.5 Å². The zero-order valence-electron chi connectivity index (χ0n) is 16.9. The number of carboxylic acids is 1. The van der Waals surface area contributed by atoms with E-state index in [4.69, 9.17) is 15.6 Å². The predicted octanol–water partition coefficient (Wildman–Crippen LogP) is 0.313. The number of carboxylic acid groups (broad SMARTS) is 1. The number of ether oxygens (including phenoxy) is 1. The third kappa shape index (κ3) is 5.16. The van der Waals surface area contributed by atoms with Crippen molar-refractivity contribution in [3.05, 3.63) is 71.3 Å². The van der Waals surface area contributed by atoms with Gasteiger partial charge in [-0.2, -0.15) is 0 Å². The van der Waals surface area contributed by atoms with Crippen LogP contribution in [0.5, 0.6) is 0 Å². The van der Waals surface area contributed by atoms with Crippen LogP contribution in [0.2, 0.25) is 0 Å². The average Bonchev–Trinajstić information content (AvgIpc) is 3.01. The standard InChI is InChI=1S/C22H21N3O7/c23-16(11-18(26)27)19(28)24-17(10-13-6-2-1-3-7-13)22(31)32-12-25-20(29)14-8-4-5-9-15(14)21(25)30/h1-9,16-17H,10-12,23H2,(H,24,28)(H,26,27). The SMILES string of the molecule is NC(CC(=O)O)C(=O)NC(Cc1ccccc1)C(=O)OCN1C(=O)c2ccccc2C1=O. The fraction of sp³-hybridized carbons (Fsp3) is 0.227. The number of hydrogen-bond acceptors (Lipinski definition) is 7. The first-order valence-electron chi connectivity index (χ1n) is 9.71. The van der Waals surface area contributed by atoms with E-state index in [1.54, 1.807) is 42.5 Å². The summed E-state index contributed by atoms with van der Waals surface area (Å²) < 4.78 is 5.17. The van der Waals surface area contributed by atoms with Gasteiger partial charge in [0, 0.05) is 6.42 Å². The second-order valence-electron chi connectivity index (χ2n) is 7.13. The monoisotopic (exact) mass is 439 g/mol. The maximum atomic E-state index is 12.7. The van der Waals surface area contributed by atoms with Gasteiger partial charge in [0.1, 0.15) is 6.04 Å². The number of benzene rings is 2. The Hall–Kier alpha value is -4.05. The van der Waals surface area contributed by atoms with E-state index < -0.39 is 54.9 Å². The van der Waals surface area contributed by atoms with E-state index in [1.165, 1.54) is 12.1 Å². The number of amides is 3. The summed E-state index contributed by atoms with van der Waals surface area (Å²) in [5.41, 5.74) is 6.69. The molecule has 0 spiro atoms. The molecule has 2 atom stereocenters. The molecule has 0 aliphatic carbocycles. The molecule has 0 aromatic heterocycles. The first kappa shape index (κ1) is 22.6. The number of nitrogens with two attached hydrogens (primary N) is 1. The Bertz CT molecular complexity index is 1020. The number of nitrogens with one attached hydrogen (secondary N) is 1. The van der Waals surface area contributed by atoms with Gasteiger partial charge in [0.2, 0.25) is 5.91 Å². The number of imide groups is 1. The van der Waals surface area contributed by atoms with Crippen LogP contribution in [0.25, 0.3) is 0 Å². The molecule has 4 N–H and O–H groups in total. The Morgan fingerprint density at radius 3 is 2.09 bits per heavy atom. The number of aliphatic carboxylic acids is 1. The maximum absolute atomic E-state index is 12.7. The fourth-order valence-electron chi connectivity index (χ4n) is 3.19. The highest BCUT2D eigenvalue weighted by Crippen LogP contribution is 2.22. The zero-order valence-corrected chi connectivity index (χ0v) is 16.9. The molecule has 10 heteroatoms. The molecule has 32 heavy (non-hydrogen) atoms. The number of carbonyl (C=O) groups is 5. The molecule has 2 aromatic rings. The van der Waals surface area contributed by atoms with Crippen LogP contribution >= 0.6 is 0 Å². The van der Waals surface area contributed by atoms with Gasteiger partial charge in [-0.05, 0) is 17.7 Å². The van der Waals surface area contributed by atoms with Crippen LogP contribution in [0.4, 0.5) is 0 Å². The van der Waals surface area contributed by atoms with Crippen LogP contribution in [-0.4, -0.2) is 58.5 Å². The third-order valence-corrected chi connectivity index (χ3v) is 4.83. The summed E-state index contributed by atoms with van der Waals surface area (Å²) in [4.78, 5) is 61.4. The lowest BCUT2D eigenvalue weighted by Gasteiger charge is -2.21. The second kappa shape index (κ2) is 9.84. The van der Waals surface area contributed by atoms with Gasteiger partial charge in [-0.25, -0.2) is 9.69 Å². The molecule has 0 saturated heterocycles. The molecule has 0 saturated carbocycles. The fourth-order valence-corrected chi connectivity index (χ4v) is 3.19. The van der Waals surface area contributed by atoms with Gasteiger partial charge in [0.15, 0.2) is 6.73 Å². The number of fused-ring (bicyclic) bond motifs is 1. The summed E-state index contributed by atoms with van der Waals surface area (Å²) in [5, 5.41) is 11.2. The van der Waals surface area contributed by atoms with Crippen LogP contribution < -0.4 is 11.1 Å². The number of carbonyl (C=O) groups excluding carboxylic acids is 4. The minimum atomic E-state index is -1.37. The van der Waals surface area contributed by atoms with E-state index in [2.05, 4.69) is 5.32 Å². The number of nitrogens with zero attached hydrogens (tertiary/aromatic N) is 1. The Kier molecular flexibility index (Phi) is 6.96. The summed E-state index contributed by atoms with van der Waals surface area (Å²) in [6, 6.07) is 12.4. The molecular weight excluding hydrogens is 418 g/mol. The van der Waals surface area contributed by atoms with Crippen molar-refractivity contribution in [3.8, 4) is 0 Å². The van der Waals surface area contributed by atoms with Crippen molar-refractivity contribution in [2.45, 2.75) is 24.9 Å². The summed E-state index contributed by atoms with van der Waals surface area (Å²) in [7, 11) is 0. The van der Waals surface area contributed by atoms with Crippen molar-refractivity contribution in [1.82, 2.24) is 10.2 Å². The highest BCUT2D eigenvalue weighted by molar-refractivity contribution is 6.21. The van der Waals surface area contributed by atoms with E-state index in [0.29, 0.717) is 5.56 Å². The van der Waals surface area contributed by atoms with E-state index in [0.717, 1.165) is 4.90 Å². The van der Waals surface area contributed by atoms with Gasteiger partial charge >= 0.3 is 11.9 Å². The summed E-state index contributed by atoms with van der Waals surface area (Å²) in [5.74, 6) is -4.19. The molecule has 166 valence electrons. The number of hydrogen-bond donors (Lipinski definition) is 3. The summed E-state index contributed by atoms with van der Waals surface area (Å²) in [6.45, 7) is -0.631. The van der Waals surface area contributed by atoms with E-state index in [-0.39, 0.29) is 17.5 Å². The molecule has 0 radical (unpaired) electrons. The Balaban J connectivity index is 1.69. The first-order valence-corrected chi connectivity index (χ1v) is 9.71. The highest BCUT2D eigenvalue weighted by Gasteiger charge is 2.36. The normalized spacial score (nSPS) is 14.5. The minimum Gasteiger partial charge on any atom is -0.481 e. The maximum Gasteiger partial charge on any atom is 0.330 e. The summed E-state index contributed by atoms with van der Waals surface area (Å²) in [6.07, 6.45) is -0.582. The Labute approximate surface area is 182 Å².